The molecule has 26 heavy (non-hydrogen) atoms. The van der Waals surface area contributed by atoms with Gasteiger partial charge in [-0.25, -0.2) is 0 Å². The zero-order chi connectivity index (χ0) is 18.9. The van der Waals surface area contributed by atoms with Gasteiger partial charge in [0, 0.05) is 24.2 Å². The van der Waals surface area contributed by atoms with Crippen molar-refractivity contribution in [3.05, 3.63) is 58.6 Å². The SMILES string of the molecule is CC(Oc1ccc(Cl)cc1OC1CN(C)C1)c1cccc(C(F)(F)F)c1. The maximum atomic E-state index is 12.9. The van der Waals surface area contributed by atoms with Crippen LogP contribution in [-0.4, -0.2) is 31.1 Å². The molecule has 0 spiro atoms. The molecule has 7 heteroatoms. The first-order valence-electron chi connectivity index (χ1n) is 8.21. The van der Waals surface area contributed by atoms with Crippen molar-refractivity contribution in [2.75, 3.05) is 20.1 Å². The highest BCUT2D eigenvalue weighted by molar-refractivity contribution is 6.30. The molecular weight excluding hydrogens is 367 g/mol. The largest absolute Gasteiger partial charge is 0.484 e. The van der Waals surface area contributed by atoms with E-state index in [0.29, 0.717) is 22.1 Å². The van der Waals surface area contributed by atoms with Crippen LogP contribution >= 0.6 is 11.6 Å². The third-order valence-corrected chi connectivity index (χ3v) is 4.45. The Kier molecular flexibility index (Phi) is 5.34. The second kappa shape index (κ2) is 7.37. The molecule has 1 heterocycles. The number of benzene rings is 2. The topological polar surface area (TPSA) is 21.7 Å². The lowest BCUT2D eigenvalue weighted by molar-refractivity contribution is -0.137. The highest BCUT2D eigenvalue weighted by Gasteiger charge is 2.31. The van der Waals surface area contributed by atoms with E-state index >= 15 is 0 Å². The molecule has 1 aliphatic heterocycles. The number of likely N-dealkylation sites (N-methyl/N-ethyl adjacent to an activating group) is 1. The molecule has 3 nitrogen and oxygen atoms in total. The van der Waals surface area contributed by atoms with Gasteiger partial charge >= 0.3 is 6.18 Å². The standard InChI is InChI=1S/C19H19ClF3NO2/c1-12(13-4-3-5-14(8-13)19(21,22)23)25-17-7-6-15(20)9-18(17)26-16-10-24(2)11-16/h3-9,12,16H,10-11H2,1-2H3. The van der Waals surface area contributed by atoms with Crippen LogP contribution in [0.15, 0.2) is 42.5 Å². The summed E-state index contributed by atoms with van der Waals surface area (Å²) in [6.07, 6.45) is -4.92. The second-order valence-electron chi connectivity index (χ2n) is 6.44. The van der Waals surface area contributed by atoms with E-state index in [1.807, 2.05) is 7.05 Å². The fourth-order valence-corrected chi connectivity index (χ4v) is 2.96. The van der Waals surface area contributed by atoms with E-state index in [1.165, 1.54) is 6.07 Å². The summed E-state index contributed by atoms with van der Waals surface area (Å²) in [6.45, 7) is 3.30. The van der Waals surface area contributed by atoms with Crippen LogP contribution in [0.5, 0.6) is 11.5 Å². The van der Waals surface area contributed by atoms with Gasteiger partial charge in [-0.3, -0.25) is 4.90 Å². The molecule has 3 rings (SSSR count). The van der Waals surface area contributed by atoms with Gasteiger partial charge in [0.05, 0.1) is 5.56 Å². The first kappa shape index (κ1) is 18.9. The molecule has 0 aromatic heterocycles. The van der Waals surface area contributed by atoms with Crippen LogP contribution in [0, 0.1) is 0 Å². The molecule has 0 saturated carbocycles. The second-order valence-corrected chi connectivity index (χ2v) is 6.87. The normalized spacial score (nSPS) is 16.8. The van der Waals surface area contributed by atoms with Crippen molar-refractivity contribution in [2.45, 2.75) is 25.3 Å². The van der Waals surface area contributed by atoms with Gasteiger partial charge in [0.15, 0.2) is 11.5 Å². The monoisotopic (exact) mass is 385 g/mol. The average molecular weight is 386 g/mol. The smallest absolute Gasteiger partial charge is 0.416 e. The van der Waals surface area contributed by atoms with Crippen LogP contribution < -0.4 is 9.47 Å². The Morgan fingerprint density at radius 2 is 1.85 bits per heavy atom. The van der Waals surface area contributed by atoms with Crippen LogP contribution in [0.25, 0.3) is 0 Å². The van der Waals surface area contributed by atoms with Crippen LogP contribution in [-0.2, 0) is 6.18 Å². The number of hydrogen-bond acceptors (Lipinski definition) is 3. The number of halogens is 4. The Hall–Kier alpha value is -1.92. The zero-order valence-electron chi connectivity index (χ0n) is 14.4. The van der Waals surface area contributed by atoms with Crippen LogP contribution in [0.1, 0.15) is 24.2 Å². The number of rotatable bonds is 5. The summed E-state index contributed by atoms with van der Waals surface area (Å²) in [5, 5.41) is 0.506. The molecule has 0 bridgehead atoms. The molecule has 0 amide bonds. The third-order valence-electron chi connectivity index (χ3n) is 4.22. The minimum atomic E-state index is -4.39. The van der Waals surface area contributed by atoms with Crippen molar-refractivity contribution in [3.8, 4) is 11.5 Å². The van der Waals surface area contributed by atoms with Gasteiger partial charge in [0.1, 0.15) is 12.2 Å². The van der Waals surface area contributed by atoms with Crippen LogP contribution in [0.3, 0.4) is 0 Å². The molecule has 140 valence electrons. The van der Waals surface area contributed by atoms with E-state index in [9.17, 15) is 13.2 Å². The average Bonchev–Trinajstić information content (AvgIpc) is 2.55. The predicted molar refractivity (Wildman–Crippen MR) is 93.9 cm³/mol. The van der Waals surface area contributed by atoms with Gasteiger partial charge in [-0.15, -0.1) is 0 Å². The molecule has 1 aliphatic rings. The van der Waals surface area contributed by atoms with Crippen molar-refractivity contribution in [1.29, 1.82) is 0 Å². The zero-order valence-corrected chi connectivity index (χ0v) is 15.1. The molecule has 1 fully saturated rings. The highest BCUT2D eigenvalue weighted by atomic mass is 35.5. The van der Waals surface area contributed by atoms with Gasteiger partial charge < -0.3 is 9.47 Å². The molecule has 2 aromatic carbocycles. The van der Waals surface area contributed by atoms with Gasteiger partial charge in [-0.2, -0.15) is 13.2 Å². The molecular formula is C19H19ClF3NO2. The van der Waals surface area contributed by atoms with Crippen molar-refractivity contribution in [1.82, 2.24) is 4.90 Å². The van der Waals surface area contributed by atoms with Crippen molar-refractivity contribution < 1.29 is 22.6 Å². The maximum Gasteiger partial charge on any atom is 0.416 e. The fraction of sp³-hybridized carbons (Fsp3) is 0.368. The molecule has 1 atom stereocenters. The Morgan fingerprint density at radius 1 is 1.12 bits per heavy atom. The van der Waals surface area contributed by atoms with Crippen LogP contribution in [0.2, 0.25) is 5.02 Å². The summed E-state index contributed by atoms with van der Waals surface area (Å²) < 4.78 is 50.5. The van der Waals surface area contributed by atoms with Gasteiger partial charge in [0.25, 0.3) is 0 Å². The van der Waals surface area contributed by atoms with Crippen LogP contribution in [0.4, 0.5) is 13.2 Å². The number of ether oxygens (including phenoxy) is 2. The summed E-state index contributed by atoms with van der Waals surface area (Å²) in [4.78, 5) is 2.11. The van der Waals surface area contributed by atoms with Gasteiger partial charge in [-0.1, -0.05) is 23.7 Å². The van der Waals surface area contributed by atoms with Crippen molar-refractivity contribution in [2.24, 2.45) is 0 Å². The minimum absolute atomic E-state index is 0.0460. The summed E-state index contributed by atoms with van der Waals surface area (Å²) in [5.74, 6) is 0.947. The lowest BCUT2D eigenvalue weighted by atomic mass is 10.1. The molecule has 2 aromatic rings. The number of alkyl halides is 3. The first-order valence-corrected chi connectivity index (χ1v) is 8.59. The van der Waals surface area contributed by atoms with E-state index in [1.54, 1.807) is 31.2 Å². The fourth-order valence-electron chi connectivity index (χ4n) is 2.79. The van der Waals surface area contributed by atoms with E-state index < -0.39 is 17.8 Å². The molecule has 1 unspecified atom stereocenters. The summed E-state index contributed by atoms with van der Waals surface area (Å²) in [6, 6.07) is 10.1. The Labute approximate surface area is 155 Å². The van der Waals surface area contributed by atoms with Gasteiger partial charge in [0.2, 0.25) is 0 Å². The highest BCUT2D eigenvalue weighted by Crippen LogP contribution is 2.36. The summed E-state index contributed by atoms with van der Waals surface area (Å²) in [5.41, 5.74) is -0.264. The predicted octanol–water partition coefficient (Wildman–Crippen LogP) is 5.19. The molecule has 0 N–H and O–H groups in total. The number of hydrogen-bond donors (Lipinski definition) is 0. The Bertz CT molecular complexity index is 776. The quantitative estimate of drug-likeness (QED) is 0.706. The lowest BCUT2D eigenvalue weighted by Crippen LogP contribution is -2.51. The molecule has 0 aliphatic carbocycles. The third kappa shape index (κ3) is 4.43. The maximum absolute atomic E-state index is 12.9. The van der Waals surface area contributed by atoms with Crippen molar-refractivity contribution in [3.63, 3.8) is 0 Å². The summed E-state index contributed by atoms with van der Waals surface area (Å²) in [7, 11) is 1.99. The minimum Gasteiger partial charge on any atom is -0.484 e. The first-order chi connectivity index (χ1) is 12.2. The Balaban J connectivity index is 1.78. The Morgan fingerprint density at radius 3 is 2.50 bits per heavy atom. The van der Waals surface area contributed by atoms with Crippen molar-refractivity contribution >= 4 is 11.6 Å². The van der Waals surface area contributed by atoms with E-state index in [4.69, 9.17) is 21.1 Å². The number of likely N-dealkylation sites (tertiary alicyclic amines) is 1. The van der Waals surface area contributed by atoms with E-state index in [2.05, 4.69) is 4.90 Å². The van der Waals surface area contributed by atoms with Gasteiger partial charge in [-0.05, 0) is 43.8 Å². The molecule has 0 radical (unpaired) electrons. The van der Waals surface area contributed by atoms with E-state index in [0.717, 1.165) is 25.2 Å². The number of nitrogens with zero attached hydrogens (tertiary/aromatic N) is 1. The molecule has 1 saturated heterocycles. The summed E-state index contributed by atoms with van der Waals surface area (Å²) >= 11 is 6.04. The van der Waals surface area contributed by atoms with E-state index in [-0.39, 0.29) is 6.10 Å². The lowest BCUT2D eigenvalue weighted by Gasteiger charge is -2.36.